The van der Waals surface area contributed by atoms with Crippen molar-refractivity contribution in [3.63, 3.8) is 0 Å². The van der Waals surface area contributed by atoms with Gasteiger partial charge in [-0.05, 0) is 34.2 Å². The maximum absolute atomic E-state index is 13.6. The van der Waals surface area contributed by atoms with Crippen LogP contribution in [0.5, 0.6) is 0 Å². The fourth-order valence-corrected chi connectivity index (χ4v) is 4.05. The first-order chi connectivity index (χ1) is 15.7. The molecule has 4 amide bonds. The van der Waals surface area contributed by atoms with E-state index in [1.54, 1.807) is 24.3 Å². The zero-order valence-electron chi connectivity index (χ0n) is 19.0. The molecule has 2 N–H and O–H groups in total. The molecule has 0 aromatic heterocycles. The molecule has 0 unspecified atom stereocenters. The van der Waals surface area contributed by atoms with Crippen LogP contribution in [-0.2, 0) is 20.5 Å². The standard InChI is InChI=1S/C27H27N3O3/c1-26(2,3)19-14-16-22(17-15-19)28-23(31)18-30-24(32)27(29-25(30)33,20-10-6-4-7-11-20)21-12-8-5-9-13-21/h4-17H,18H2,1-3H3,(H,28,31)(H,29,33). The lowest BCUT2D eigenvalue weighted by molar-refractivity contribution is -0.133. The number of hydrogen-bond donors (Lipinski definition) is 2. The second kappa shape index (κ2) is 8.54. The van der Waals surface area contributed by atoms with Crippen molar-refractivity contribution < 1.29 is 14.4 Å². The average molecular weight is 442 g/mol. The quantitative estimate of drug-likeness (QED) is 0.576. The number of nitrogens with one attached hydrogen (secondary N) is 2. The van der Waals surface area contributed by atoms with Crippen LogP contribution in [-0.4, -0.2) is 29.3 Å². The lowest BCUT2D eigenvalue weighted by Gasteiger charge is -2.28. The van der Waals surface area contributed by atoms with E-state index in [0.29, 0.717) is 16.8 Å². The van der Waals surface area contributed by atoms with Crippen LogP contribution in [0.1, 0.15) is 37.5 Å². The Balaban J connectivity index is 1.57. The maximum atomic E-state index is 13.6. The van der Waals surface area contributed by atoms with Gasteiger partial charge < -0.3 is 10.6 Å². The van der Waals surface area contributed by atoms with E-state index in [9.17, 15) is 14.4 Å². The number of nitrogens with zero attached hydrogens (tertiary/aromatic N) is 1. The zero-order chi connectivity index (χ0) is 23.6. The highest BCUT2D eigenvalue weighted by Crippen LogP contribution is 2.36. The van der Waals surface area contributed by atoms with Crippen LogP contribution in [0.25, 0.3) is 0 Å². The molecular weight excluding hydrogens is 414 g/mol. The Kier molecular flexibility index (Phi) is 5.77. The second-order valence-electron chi connectivity index (χ2n) is 9.18. The number of amides is 4. The minimum Gasteiger partial charge on any atom is -0.325 e. The van der Waals surface area contributed by atoms with Crippen LogP contribution in [0.15, 0.2) is 84.9 Å². The van der Waals surface area contributed by atoms with Gasteiger partial charge >= 0.3 is 6.03 Å². The van der Waals surface area contributed by atoms with Crippen LogP contribution in [0.4, 0.5) is 10.5 Å². The molecule has 4 rings (SSSR count). The molecule has 6 nitrogen and oxygen atoms in total. The summed E-state index contributed by atoms with van der Waals surface area (Å²) in [7, 11) is 0. The Morgan fingerprint density at radius 3 is 1.85 bits per heavy atom. The van der Waals surface area contributed by atoms with E-state index >= 15 is 0 Å². The SMILES string of the molecule is CC(C)(C)c1ccc(NC(=O)CN2C(=O)NC(c3ccccc3)(c3ccccc3)C2=O)cc1. The predicted molar refractivity (Wildman–Crippen MR) is 128 cm³/mol. The molecule has 168 valence electrons. The minimum atomic E-state index is -1.38. The van der Waals surface area contributed by atoms with Gasteiger partial charge in [0.05, 0.1) is 0 Å². The van der Waals surface area contributed by atoms with Crippen LogP contribution < -0.4 is 10.6 Å². The van der Waals surface area contributed by atoms with Crippen molar-refractivity contribution in [2.75, 3.05) is 11.9 Å². The molecule has 0 spiro atoms. The Bertz CT molecular complexity index is 1130. The van der Waals surface area contributed by atoms with Gasteiger partial charge in [-0.15, -0.1) is 0 Å². The topological polar surface area (TPSA) is 78.5 Å². The molecular formula is C27H27N3O3. The van der Waals surface area contributed by atoms with Gasteiger partial charge in [-0.2, -0.15) is 0 Å². The summed E-state index contributed by atoms with van der Waals surface area (Å²) in [6.07, 6.45) is 0. The molecule has 1 fully saturated rings. The van der Waals surface area contributed by atoms with Crippen molar-refractivity contribution in [3.8, 4) is 0 Å². The Morgan fingerprint density at radius 1 is 0.848 bits per heavy atom. The lowest BCUT2D eigenvalue weighted by Crippen LogP contribution is -2.45. The summed E-state index contributed by atoms with van der Waals surface area (Å²) in [6, 6.07) is 25.1. The van der Waals surface area contributed by atoms with E-state index in [1.807, 2.05) is 60.7 Å². The summed E-state index contributed by atoms with van der Waals surface area (Å²) in [5.74, 6) is -0.929. The molecule has 1 heterocycles. The van der Waals surface area contributed by atoms with Crippen molar-refractivity contribution in [2.45, 2.75) is 31.7 Å². The van der Waals surface area contributed by atoms with E-state index in [0.717, 1.165) is 10.5 Å². The average Bonchev–Trinajstić information content (AvgIpc) is 3.05. The fraction of sp³-hybridized carbons (Fsp3) is 0.222. The molecule has 0 bridgehead atoms. The Hall–Kier alpha value is -3.93. The second-order valence-corrected chi connectivity index (χ2v) is 9.18. The van der Waals surface area contributed by atoms with Gasteiger partial charge in [-0.1, -0.05) is 93.6 Å². The van der Waals surface area contributed by atoms with Gasteiger partial charge in [0.15, 0.2) is 5.54 Å². The van der Waals surface area contributed by atoms with Gasteiger partial charge in [0.2, 0.25) is 5.91 Å². The number of rotatable bonds is 5. The number of anilines is 1. The van der Waals surface area contributed by atoms with Crippen molar-refractivity contribution in [1.29, 1.82) is 0 Å². The molecule has 3 aromatic carbocycles. The van der Waals surface area contributed by atoms with Crippen LogP contribution in [0.2, 0.25) is 0 Å². The largest absolute Gasteiger partial charge is 0.326 e. The highest BCUT2D eigenvalue weighted by atomic mass is 16.2. The van der Waals surface area contributed by atoms with Gasteiger partial charge in [0, 0.05) is 5.69 Å². The van der Waals surface area contributed by atoms with Crippen LogP contribution in [0.3, 0.4) is 0 Å². The van der Waals surface area contributed by atoms with Gasteiger partial charge in [-0.3, -0.25) is 14.5 Å². The highest BCUT2D eigenvalue weighted by Gasteiger charge is 2.54. The molecule has 0 saturated carbocycles. The molecule has 6 heteroatoms. The lowest BCUT2D eigenvalue weighted by atomic mass is 9.82. The molecule has 33 heavy (non-hydrogen) atoms. The number of urea groups is 1. The third-order valence-electron chi connectivity index (χ3n) is 5.86. The number of carbonyl (C=O) groups excluding carboxylic acids is 3. The summed E-state index contributed by atoms with van der Waals surface area (Å²) in [5.41, 5.74) is 1.64. The fourth-order valence-electron chi connectivity index (χ4n) is 4.05. The Morgan fingerprint density at radius 2 is 1.36 bits per heavy atom. The van der Waals surface area contributed by atoms with Crippen LogP contribution in [0, 0.1) is 0 Å². The highest BCUT2D eigenvalue weighted by molar-refractivity contribution is 6.12. The number of benzene rings is 3. The molecule has 0 radical (unpaired) electrons. The van der Waals surface area contributed by atoms with Crippen molar-refractivity contribution in [2.24, 2.45) is 0 Å². The summed E-state index contributed by atoms with van der Waals surface area (Å²) in [6.45, 7) is 5.96. The maximum Gasteiger partial charge on any atom is 0.326 e. The van der Waals surface area contributed by atoms with Crippen molar-refractivity contribution >= 4 is 23.5 Å². The van der Waals surface area contributed by atoms with Gasteiger partial charge in [0.1, 0.15) is 6.54 Å². The molecule has 1 aliphatic rings. The smallest absolute Gasteiger partial charge is 0.325 e. The first-order valence-corrected chi connectivity index (χ1v) is 10.9. The van der Waals surface area contributed by atoms with Gasteiger partial charge in [-0.25, -0.2) is 4.79 Å². The summed E-state index contributed by atoms with van der Waals surface area (Å²) in [5, 5.41) is 5.63. The van der Waals surface area contributed by atoms with E-state index < -0.39 is 23.4 Å². The van der Waals surface area contributed by atoms with E-state index in [1.165, 1.54) is 0 Å². The number of hydrogen-bond acceptors (Lipinski definition) is 3. The third-order valence-corrected chi connectivity index (χ3v) is 5.86. The van der Waals surface area contributed by atoms with Crippen LogP contribution >= 0.6 is 0 Å². The van der Waals surface area contributed by atoms with E-state index in [2.05, 4.69) is 31.4 Å². The number of imide groups is 1. The molecule has 3 aromatic rings. The van der Waals surface area contributed by atoms with E-state index in [4.69, 9.17) is 0 Å². The minimum absolute atomic E-state index is 0.000799. The summed E-state index contributed by atoms with van der Waals surface area (Å²) >= 11 is 0. The monoisotopic (exact) mass is 441 g/mol. The molecule has 0 aliphatic carbocycles. The van der Waals surface area contributed by atoms with Crippen molar-refractivity contribution in [3.05, 3.63) is 102 Å². The normalized spacial score (nSPS) is 15.3. The first kappa shape index (κ1) is 22.3. The van der Waals surface area contributed by atoms with E-state index in [-0.39, 0.29) is 12.0 Å². The predicted octanol–water partition coefficient (Wildman–Crippen LogP) is 4.42. The third kappa shape index (κ3) is 4.24. The summed E-state index contributed by atoms with van der Waals surface area (Å²) in [4.78, 5) is 40.3. The summed E-state index contributed by atoms with van der Waals surface area (Å²) < 4.78 is 0. The zero-order valence-corrected chi connectivity index (χ0v) is 19.0. The van der Waals surface area contributed by atoms with Crippen molar-refractivity contribution in [1.82, 2.24) is 10.2 Å². The molecule has 1 aliphatic heterocycles. The molecule has 0 atom stereocenters. The number of carbonyl (C=O) groups is 3. The molecule has 1 saturated heterocycles. The first-order valence-electron chi connectivity index (χ1n) is 10.9. The Labute approximate surface area is 193 Å². The van der Waals surface area contributed by atoms with Gasteiger partial charge in [0.25, 0.3) is 5.91 Å².